The average Bonchev–Trinajstić information content (AvgIpc) is 2.59. The molecule has 0 spiro atoms. The Kier molecular flexibility index (Phi) is 4.54. The Morgan fingerprint density at radius 1 is 1.21 bits per heavy atom. The minimum Gasteiger partial charge on any atom is -0.387 e. The summed E-state index contributed by atoms with van der Waals surface area (Å²) in [4.78, 5) is 18.5. The second kappa shape index (κ2) is 6.77. The molecule has 8 heteroatoms. The van der Waals surface area contributed by atoms with Gasteiger partial charge in [0.05, 0.1) is 16.5 Å². The van der Waals surface area contributed by atoms with E-state index in [0.29, 0.717) is 21.9 Å². The molecule has 0 saturated heterocycles. The van der Waals surface area contributed by atoms with Gasteiger partial charge in [-0.1, -0.05) is 11.6 Å². The molecule has 122 valence electrons. The number of fused-ring (bicyclic) bond motifs is 1. The van der Waals surface area contributed by atoms with Crippen LogP contribution in [0.15, 0.2) is 48.8 Å². The number of aliphatic hydroxyl groups is 1. The van der Waals surface area contributed by atoms with Gasteiger partial charge in [-0.25, -0.2) is 9.97 Å². The number of benzene rings is 2. The topological polar surface area (TPSA) is 101 Å². The van der Waals surface area contributed by atoms with Crippen molar-refractivity contribution >= 4 is 34.0 Å². The molecule has 0 fully saturated rings. The lowest BCUT2D eigenvalue weighted by atomic mass is 10.1. The number of hydrogen-bond acceptors (Lipinski definition) is 6. The Morgan fingerprint density at radius 2 is 1.96 bits per heavy atom. The zero-order valence-electron chi connectivity index (χ0n) is 12.4. The summed E-state index contributed by atoms with van der Waals surface area (Å²) in [5, 5.41) is 25.3. The summed E-state index contributed by atoms with van der Waals surface area (Å²) >= 11 is 5.94. The molecule has 3 rings (SSSR count). The van der Waals surface area contributed by atoms with Crippen LogP contribution >= 0.6 is 11.6 Å². The number of nitro benzene ring substituents is 1. The van der Waals surface area contributed by atoms with Crippen molar-refractivity contribution in [2.45, 2.75) is 6.10 Å². The lowest BCUT2D eigenvalue weighted by Crippen LogP contribution is -2.13. The Hall–Kier alpha value is -2.77. The average molecular weight is 345 g/mol. The molecule has 3 aromatic rings. The molecular formula is C16H13ClN4O3. The number of anilines is 1. The first-order chi connectivity index (χ1) is 11.5. The molecule has 7 nitrogen and oxygen atoms in total. The highest BCUT2D eigenvalue weighted by atomic mass is 35.5. The quantitative estimate of drug-likeness (QED) is 0.543. The fourth-order valence-electron chi connectivity index (χ4n) is 2.30. The molecule has 1 unspecified atom stereocenters. The van der Waals surface area contributed by atoms with Crippen molar-refractivity contribution in [2.24, 2.45) is 0 Å². The molecule has 0 aliphatic heterocycles. The van der Waals surface area contributed by atoms with Gasteiger partial charge in [0, 0.05) is 29.1 Å². The maximum atomic E-state index is 10.6. The van der Waals surface area contributed by atoms with Crippen molar-refractivity contribution in [1.29, 1.82) is 0 Å². The molecule has 1 aromatic heterocycles. The molecule has 0 aliphatic carbocycles. The van der Waals surface area contributed by atoms with E-state index in [1.807, 2.05) is 0 Å². The molecule has 0 bridgehead atoms. The molecule has 2 aromatic carbocycles. The van der Waals surface area contributed by atoms with Crippen molar-refractivity contribution in [3.63, 3.8) is 0 Å². The monoisotopic (exact) mass is 344 g/mol. The fraction of sp³-hybridized carbons (Fsp3) is 0.125. The summed E-state index contributed by atoms with van der Waals surface area (Å²) in [6, 6.07) is 11.1. The molecule has 0 amide bonds. The van der Waals surface area contributed by atoms with Crippen LogP contribution in [0.5, 0.6) is 0 Å². The van der Waals surface area contributed by atoms with E-state index in [2.05, 4.69) is 15.3 Å². The maximum absolute atomic E-state index is 10.6. The van der Waals surface area contributed by atoms with E-state index >= 15 is 0 Å². The molecule has 1 heterocycles. The van der Waals surface area contributed by atoms with E-state index in [4.69, 9.17) is 11.6 Å². The third-order valence-electron chi connectivity index (χ3n) is 3.55. The van der Waals surface area contributed by atoms with Gasteiger partial charge in [-0.3, -0.25) is 10.1 Å². The summed E-state index contributed by atoms with van der Waals surface area (Å²) in [7, 11) is 0. The van der Waals surface area contributed by atoms with E-state index in [-0.39, 0.29) is 12.2 Å². The number of nitro groups is 1. The van der Waals surface area contributed by atoms with E-state index in [1.165, 1.54) is 30.6 Å². The van der Waals surface area contributed by atoms with Crippen molar-refractivity contribution < 1.29 is 10.0 Å². The third-order valence-corrected chi connectivity index (χ3v) is 3.79. The Labute approximate surface area is 142 Å². The largest absolute Gasteiger partial charge is 0.387 e. The van der Waals surface area contributed by atoms with Crippen LogP contribution in [0.3, 0.4) is 0 Å². The lowest BCUT2D eigenvalue weighted by Gasteiger charge is -2.13. The number of halogens is 1. The second-order valence-corrected chi connectivity index (χ2v) is 5.57. The van der Waals surface area contributed by atoms with Crippen LogP contribution in [0, 0.1) is 10.1 Å². The van der Waals surface area contributed by atoms with Gasteiger partial charge in [0.25, 0.3) is 5.69 Å². The normalized spacial score (nSPS) is 12.1. The predicted molar refractivity (Wildman–Crippen MR) is 91.1 cm³/mol. The van der Waals surface area contributed by atoms with Gasteiger partial charge in [-0.05, 0) is 35.9 Å². The number of aliphatic hydroxyl groups excluding tert-OH is 1. The van der Waals surface area contributed by atoms with Crippen LogP contribution in [0.1, 0.15) is 11.7 Å². The van der Waals surface area contributed by atoms with Gasteiger partial charge in [0.15, 0.2) is 0 Å². The first-order valence-electron chi connectivity index (χ1n) is 7.11. The van der Waals surface area contributed by atoms with E-state index in [1.54, 1.807) is 18.2 Å². The van der Waals surface area contributed by atoms with Gasteiger partial charge in [0.1, 0.15) is 12.1 Å². The van der Waals surface area contributed by atoms with Crippen molar-refractivity contribution in [3.8, 4) is 0 Å². The third kappa shape index (κ3) is 3.42. The highest BCUT2D eigenvalue weighted by Gasteiger charge is 2.12. The van der Waals surface area contributed by atoms with E-state index < -0.39 is 11.0 Å². The van der Waals surface area contributed by atoms with Crippen molar-refractivity contribution in [2.75, 3.05) is 11.9 Å². The van der Waals surface area contributed by atoms with Crippen LogP contribution in [0.2, 0.25) is 5.02 Å². The van der Waals surface area contributed by atoms with E-state index in [9.17, 15) is 15.2 Å². The second-order valence-electron chi connectivity index (χ2n) is 5.13. The van der Waals surface area contributed by atoms with Crippen LogP contribution in [0.25, 0.3) is 10.9 Å². The highest BCUT2D eigenvalue weighted by molar-refractivity contribution is 6.31. The first kappa shape index (κ1) is 16.1. The molecular weight excluding hydrogens is 332 g/mol. The van der Waals surface area contributed by atoms with Gasteiger partial charge < -0.3 is 10.4 Å². The minimum atomic E-state index is -0.830. The molecule has 0 radical (unpaired) electrons. The lowest BCUT2D eigenvalue weighted by molar-refractivity contribution is -0.384. The molecule has 0 saturated carbocycles. The summed E-state index contributed by atoms with van der Waals surface area (Å²) in [6.07, 6.45) is 0.585. The van der Waals surface area contributed by atoms with Crippen LogP contribution < -0.4 is 5.32 Å². The molecule has 0 aliphatic rings. The number of hydrogen-bond donors (Lipinski definition) is 2. The maximum Gasteiger partial charge on any atom is 0.269 e. The predicted octanol–water partition coefficient (Wildman–Crippen LogP) is 3.34. The Morgan fingerprint density at radius 3 is 2.67 bits per heavy atom. The SMILES string of the molecule is O=[N+]([O-])c1ccc(C(O)CNc2ncnc3cc(Cl)ccc23)cc1. The van der Waals surface area contributed by atoms with Gasteiger partial charge in [0.2, 0.25) is 0 Å². The minimum absolute atomic E-state index is 0.0161. The molecule has 2 N–H and O–H groups in total. The molecule has 1 atom stereocenters. The summed E-state index contributed by atoms with van der Waals surface area (Å²) in [5.41, 5.74) is 1.26. The number of nitrogens with zero attached hydrogens (tertiary/aromatic N) is 3. The fourth-order valence-corrected chi connectivity index (χ4v) is 2.47. The number of rotatable bonds is 5. The van der Waals surface area contributed by atoms with E-state index in [0.717, 1.165) is 5.39 Å². The van der Waals surface area contributed by atoms with Crippen LogP contribution in [-0.2, 0) is 0 Å². The standard InChI is InChI=1S/C16H13ClN4O3/c17-11-3-6-13-14(7-11)19-9-20-16(13)18-8-15(22)10-1-4-12(5-2-10)21(23)24/h1-7,9,15,22H,8H2,(H,18,19,20). The Balaban J connectivity index is 1.74. The van der Waals surface area contributed by atoms with Crippen LogP contribution in [-0.4, -0.2) is 26.5 Å². The summed E-state index contributed by atoms with van der Waals surface area (Å²) in [5.74, 6) is 0.581. The number of aromatic nitrogens is 2. The Bertz CT molecular complexity index is 886. The number of non-ortho nitro benzene ring substituents is 1. The van der Waals surface area contributed by atoms with Gasteiger partial charge in [-0.2, -0.15) is 0 Å². The zero-order valence-corrected chi connectivity index (χ0v) is 13.1. The van der Waals surface area contributed by atoms with Gasteiger partial charge in [-0.15, -0.1) is 0 Å². The van der Waals surface area contributed by atoms with Crippen molar-refractivity contribution in [1.82, 2.24) is 9.97 Å². The smallest absolute Gasteiger partial charge is 0.269 e. The first-order valence-corrected chi connectivity index (χ1v) is 7.49. The van der Waals surface area contributed by atoms with Crippen LogP contribution in [0.4, 0.5) is 11.5 Å². The summed E-state index contributed by atoms with van der Waals surface area (Å²) < 4.78 is 0. The number of nitrogens with one attached hydrogen (secondary N) is 1. The van der Waals surface area contributed by atoms with Gasteiger partial charge >= 0.3 is 0 Å². The zero-order chi connectivity index (χ0) is 17.1. The van der Waals surface area contributed by atoms with Crippen molar-refractivity contribution in [3.05, 3.63) is 69.5 Å². The molecule has 24 heavy (non-hydrogen) atoms. The highest BCUT2D eigenvalue weighted by Crippen LogP contribution is 2.24. The summed E-state index contributed by atoms with van der Waals surface area (Å²) in [6.45, 7) is 0.201.